The van der Waals surface area contributed by atoms with Crippen LogP contribution in [0, 0.1) is 6.92 Å². The largest absolute Gasteiger partial charge is 0.437 e. The van der Waals surface area contributed by atoms with Gasteiger partial charge in [-0.1, -0.05) is 30.7 Å². The van der Waals surface area contributed by atoms with Gasteiger partial charge in [0.1, 0.15) is 5.75 Å². The topological polar surface area (TPSA) is 34.2 Å². The predicted molar refractivity (Wildman–Crippen MR) is 87.2 cm³/mol. The third kappa shape index (κ3) is 4.19. The van der Waals surface area contributed by atoms with Crippen molar-refractivity contribution in [1.29, 1.82) is 0 Å². The molecule has 0 bridgehead atoms. The quantitative estimate of drug-likeness (QED) is 0.824. The molecule has 2 aromatic rings. The molecule has 4 heteroatoms. The second kappa shape index (κ2) is 7.43. The monoisotopic (exact) mass is 304 g/mol. The van der Waals surface area contributed by atoms with E-state index in [0.717, 1.165) is 24.1 Å². The maximum atomic E-state index is 6.23. The number of aryl methyl sites for hydroxylation is 1. The van der Waals surface area contributed by atoms with E-state index in [4.69, 9.17) is 16.3 Å². The van der Waals surface area contributed by atoms with E-state index in [1.165, 1.54) is 0 Å². The van der Waals surface area contributed by atoms with Crippen LogP contribution in [-0.4, -0.2) is 11.5 Å². The lowest BCUT2D eigenvalue weighted by Gasteiger charge is -2.17. The zero-order valence-corrected chi connectivity index (χ0v) is 13.4. The molecule has 0 radical (unpaired) electrons. The van der Waals surface area contributed by atoms with Gasteiger partial charge in [-0.25, -0.2) is 4.98 Å². The van der Waals surface area contributed by atoms with E-state index >= 15 is 0 Å². The van der Waals surface area contributed by atoms with Gasteiger partial charge in [0.25, 0.3) is 0 Å². The third-order valence-electron chi connectivity index (χ3n) is 3.26. The molecule has 3 nitrogen and oxygen atoms in total. The Balaban J connectivity index is 2.23. The number of hydrogen-bond acceptors (Lipinski definition) is 3. The Kier molecular flexibility index (Phi) is 5.59. The highest BCUT2D eigenvalue weighted by Crippen LogP contribution is 2.32. The lowest BCUT2D eigenvalue weighted by molar-refractivity contribution is 0.442. The Morgan fingerprint density at radius 1 is 1.33 bits per heavy atom. The van der Waals surface area contributed by atoms with Crippen LogP contribution < -0.4 is 10.1 Å². The van der Waals surface area contributed by atoms with Crippen LogP contribution in [0.3, 0.4) is 0 Å². The summed E-state index contributed by atoms with van der Waals surface area (Å²) in [5.41, 5.74) is 2.13. The summed E-state index contributed by atoms with van der Waals surface area (Å²) >= 11 is 6.23. The van der Waals surface area contributed by atoms with E-state index in [1.54, 1.807) is 6.20 Å². The van der Waals surface area contributed by atoms with E-state index in [9.17, 15) is 0 Å². The summed E-state index contributed by atoms with van der Waals surface area (Å²) in [6.07, 6.45) is 2.82. The summed E-state index contributed by atoms with van der Waals surface area (Å²) in [6.45, 7) is 7.21. The third-order valence-corrected chi connectivity index (χ3v) is 3.56. The molecule has 21 heavy (non-hydrogen) atoms. The summed E-state index contributed by atoms with van der Waals surface area (Å²) < 4.78 is 5.91. The number of ether oxygens (including phenoxy) is 1. The van der Waals surface area contributed by atoms with Gasteiger partial charge in [-0.3, -0.25) is 0 Å². The molecule has 1 unspecified atom stereocenters. The maximum absolute atomic E-state index is 6.23. The number of halogens is 1. The number of rotatable bonds is 6. The minimum atomic E-state index is 0.179. The van der Waals surface area contributed by atoms with E-state index in [1.807, 2.05) is 37.3 Å². The fourth-order valence-corrected chi connectivity index (χ4v) is 2.36. The fraction of sp³-hybridized carbons (Fsp3) is 0.353. The molecule has 2 rings (SSSR count). The molecular weight excluding hydrogens is 284 g/mol. The highest BCUT2D eigenvalue weighted by atomic mass is 35.5. The van der Waals surface area contributed by atoms with Crippen molar-refractivity contribution >= 4 is 11.6 Å². The maximum Gasteiger partial charge on any atom is 0.224 e. The number of nitrogens with one attached hydrogen (secondary N) is 1. The van der Waals surface area contributed by atoms with Gasteiger partial charge in [0.15, 0.2) is 0 Å². The van der Waals surface area contributed by atoms with Crippen LogP contribution in [0.25, 0.3) is 0 Å². The smallest absolute Gasteiger partial charge is 0.224 e. The molecule has 0 amide bonds. The van der Waals surface area contributed by atoms with Crippen molar-refractivity contribution < 1.29 is 4.74 Å². The standard InChI is InChI=1S/C17H21ClN2O/c1-4-9-19-13(3)14-6-5-10-20-17(14)21-16-8-7-12(2)11-15(16)18/h5-8,10-11,13,19H,4,9H2,1-3H3. The lowest BCUT2D eigenvalue weighted by atomic mass is 10.1. The Bertz CT molecular complexity index is 601. The second-order valence-corrected chi connectivity index (χ2v) is 5.52. The molecule has 0 spiro atoms. The van der Waals surface area contributed by atoms with Crippen LogP contribution in [0.1, 0.15) is 37.4 Å². The summed E-state index contributed by atoms with van der Waals surface area (Å²) in [6, 6.07) is 9.86. The van der Waals surface area contributed by atoms with Gasteiger partial charge in [-0.2, -0.15) is 0 Å². The van der Waals surface area contributed by atoms with Crippen molar-refractivity contribution in [2.75, 3.05) is 6.54 Å². The van der Waals surface area contributed by atoms with Crippen LogP contribution in [0.2, 0.25) is 5.02 Å². The first kappa shape index (κ1) is 15.8. The van der Waals surface area contributed by atoms with Crippen molar-refractivity contribution in [3.8, 4) is 11.6 Å². The second-order valence-electron chi connectivity index (χ2n) is 5.11. The molecule has 0 aliphatic carbocycles. The molecule has 1 atom stereocenters. The lowest BCUT2D eigenvalue weighted by Crippen LogP contribution is -2.20. The zero-order chi connectivity index (χ0) is 15.2. The number of pyridine rings is 1. The Morgan fingerprint density at radius 3 is 2.86 bits per heavy atom. The average molecular weight is 305 g/mol. The molecule has 0 fully saturated rings. The molecule has 1 heterocycles. The average Bonchev–Trinajstić information content (AvgIpc) is 2.48. The van der Waals surface area contributed by atoms with Crippen molar-refractivity contribution in [2.45, 2.75) is 33.2 Å². The first-order valence-electron chi connectivity index (χ1n) is 7.24. The minimum absolute atomic E-state index is 0.179. The normalized spacial score (nSPS) is 12.2. The molecule has 0 saturated heterocycles. The van der Waals surface area contributed by atoms with E-state index < -0.39 is 0 Å². The van der Waals surface area contributed by atoms with Crippen molar-refractivity contribution in [2.24, 2.45) is 0 Å². The molecule has 112 valence electrons. The molecule has 0 saturated carbocycles. The Labute approximate surface area is 131 Å². The first-order valence-corrected chi connectivity index (χ1v) is 7.62. The predicted octanol–water partition coefficient (Wildman–Crippen LogP) is 4.90. The van der Waals surface area contributed by atoms with Crippen molar-refractivity contribution in [3.05, 3.63) is 52.7 Å². The van der Waals surface area contributed by atoms with E-state index in [0.29, 0.717) is 16.7 Å². The zero-order valence-electron chi connectivity index (χ0n) is 12.7. The first-order chi connectivity index (χ1) is 10.1. The number of hydrogen-bond donors (Lipinski definition) is 1. The van der Waals surface area contributed by atoms with Crippen LogP contribution in [0.15, 0.2) is 36.5 Å². The molecule has 1 aromatic heterocycles. The fourth-order valence-electron chi connectivity index (χ4n) is 2.08. The van der Waals surface area contributed by atoms with Crippen molar-refractivity contribution in [1.82, 2.24) is 10.3 Å². The number of aromatic nitrogens is 1. The summed E-state index contributed by atoms with van der Waals surface area (Å²) in [5.74, 6) is 1.23. The summed E-state index contributed by atoms with van der Waals surface area (Å²) in [5, 5.41) is 4.04. The van der Waals surface area contributed by atoms with Gasteiger partial charge in [0.2, 0.25) is 5.88 Å². The number of nitrogens with zero attached hydrogens (tertiary/aromatic N) is 1. The van der Waals surface area contributed by atoms with Gasteiger partial charge in [0.05, 0.1) is 5.02 Å². The van der Waals surface area contributed by atoms with E-state index in [2.05, 4.69) is 24.1 Å². The molecule has 1 aromatic carbocycles. The summed E-state index contributed by atoms with van der Waals surface area (Å²) in [7, 11) is 0. The Hall–Kier alpha value is -1.58. The Morgan fingerprint density at radius 2 is 2.14 bits per heavy atom. The van der Waals surface area contributed by atoms with Crippen LogP contribution in [0.5, 0.6) is 11.6 Å². The molecular formula is C17H21ClN2O. The minimum Gasteiger partial charge on any atom is -0.437 e. The van der Waals surface area contributed by atoms with Crippen molar-refractivity contribution in [3.63, 3.8) is 0 Å². The summed E-state index contributed by atoms with van der Waals surface area (Å²) in [4.78, 5) is 4.35. The van der Waals surface area contributed by atoms with E-state index in [-0.39, 0.29) is 6.04 Å². The van der Waals surface area contributed by atoms with Gasteiger partial charge in [0, 0.05) is 17.8 Å². The highest BCUT2D eigenvalue weighted by molar-refractivity contribution is 6.32. The van der Waals surface area contributed by atoms with Gasteiger partial charge in [-0.05, 0) is 50.6 Å². The van der Waals surface area contributed by atoms with Crippen LogP contribution in [-0.2, 0) is 0 Å². The van der Waals surface area contributed by atoms with Crippen LogP contribution in [0.4, 0.5) is 0 Å². The number of benzene rings is 1. The van der Waals surface area contributed by atoms with Crippen LogP contribution >= 0.6 is 11.6 Å². The molecule has 0 aliphatic rings. The SMILES string of the molecule is CCCNC(C)c1cccnc1Oc1ccc(C)cc1Cl. The highest BCUT2D eigenvalue weighted by Gasteiger charge is 2.13. The van der Waals surface area contributed by atoms with Gasteiger partial charge < -0.3 is 10.1 Å². The van der Waals surface area contributed by atoms with Gasteiger partial charge >= 0.3 is 0 Å². The molecule has 0 aliphatic heterocycles. The van der Waals surface area contributed by atoms with Gasteiger partial charge in [-0.15, -0.1) is 0 Å². The molecule has 1 N–H and O–H groups in total.